The Bertz CT molecular complexity index is 373. The maximum absolute atomic E-state index is 10.7. The van der Waals surface area contributed by atoms with Gasteiger partial charge in [0.15, 0.2) is 0 Å². The van der Waals surface area contributed by atoms with Crippen molar-refractivity contribution in [2.75, 3.05) is 7.11 Å². The minimum absolute atomic E-state index is 0.408. The molecule has 0 fully saturated rings. The molecular formula is C12H12O3. The molecule has 0 spiro atoms. The Kier molecular flexibility index (Phi) is 4.39. The average molecular weight is 204 g/mol. The lowest BCUT2D eigenvalue weighted by molar-refractivity contribution is -0.133. The van der Waals surface area contributed by atoms with Gasteiger partial charge >= 0.3 is 5.97 Å². The second-order valence-corrected chi connectivity index (χ2v) is 2.97. The van der Waals surface area contributed by atoms with Crippen molar-refractivity contribution < 1.29 is 14.6 Å². The Morgan fingerprint density at radius 1 is 1.47 bits per heavy atom. The molecule has 1 aromatic carbocycles. The fraction of sp³-hybridized carbons (Fsp3) is 0.250. The van der Waals surface area contributed by atoms with Crippen molar-refractivity contribution in [2.24, 2.45) is 0 Å². The lowest BCUT2D eigenvalue weighted by Crippen LogP contribution is -2.08. The number of ether oxygens (including phenoxy) is 1. The van der Waals surface area contributed by atoms with E-state index in [4.69, 9.17) is 0 Å². The second-order valence-electron chi connectivity index (χ2n) is 2.97. The summed E-state index contributed by atoms with van der Waals surface area (Å²) in [6.07, 6.45) is -0.434. The van der Waals surface area contributed by atoms with Crippen LogP contribution in [0.15, 0.2) is 30.3 Å². The van der Waals surface area contributed by atoms with Crippen molar-refractivity contribution in [1.29, 1.82) is 0 Å². The van der Waals surface area contributed by atoms with E-state index in [2.05, 4.69) is 16.6 Å². The maximum atomic E-state index is 10.7. The van der Waals surface area contributed by atoms with Crippen LogP contribution in [-0.4, -0.2) is 24.3 Å². The normalized spacial score (nSPS) is 11.1. The van der Waals surface area contributed by atoms with E-state index in [1.165, 1.54) is 7.11 Å². The number of benzene rings is 1. The summed E-state index contributed by atoms with van der Waals surface area (Å²) in [5.41, 5.74) is 0.976. The summed E-state index contributed by atoms with van der Waals surface area (Å²) < 4.78 is 4.33. The number of aliphatic hydroxyl groups excluding tert-OH is 1. The van der Waals surface area contributed by atoms with Crippen molar-refractivity contribution in [1.82, 2.24) is 0 Å². The minimum Gasteiger partial charge on any atom is -0.459 e. The summed E-state index contributed by atoms with van der Waals surface area (Å²) in [6.45, 7) is 0. The molecule has 0 aliphatic heterocycles. The van der Waals surface area contributed by atoms with Crippen LogP contribution in [-0.2, 0) is 16.0 Å². The third kappa shape index (κ3) is 4.30. The largest absolute Gasteiger partial charge is 0.459 e. The Morgan fingerprint density at radius 2 is 2.13 bits per heavy atom. The van der Waals surface area contributed by atoms with Gasteiger partial charge < -0.3 is 9.84 Å². The van der Waals surface area contributed by atoms with Gasteiger partial charge in [-0.2, -0.15) is 0 Å². The molecule has 0 bridgehead atoms. The van der Waals surface area contributed by atoms with Crippen LogP contribution in [0, 0.1) is 11.8 Å². The van der Waals surface area contributed by atoms with Crippen LogP contribution < -0.4 is 0 Å². The average Bonchev–Trinajstić information content (AvgIpc) is 2.27. The number of esters is 1. The van der Waals surface area contributed by atoms with E-state index in [1.54, 1.807) is 0 Å². The third-order valence-corrected chi connectivity index (χ3v) is 1.80. The van der Waals surface area contributed by atoms with Crippen molar-refractivity contribution in [3.8, 4) is 11.8 Å². The molecule has 1 atom stereocenters. The van der Waals surface area contributed by atoms with Crippen LogP contribution >= 0.6 is 0 Å². The number of hydrogen-bond donors (Lipinski definition) is 1. The first-order valence-corrected chi connectivity index (χ1v) is 4.54. The van der Waals surface area contributed by atoms with Crippen molar-refractivity contribution in [2.45, 2.75) is 12.5 Å². The summed E-state index contributed by atoms with van der Waals surface area (Å²) >= 11 is 0. The Morgan fingerprint density at radius 3 is 2.73 bits per heavy atom. The Hall–Kier alpha value is -1.79. The highest BCUT2D eigenvalue weighted by molar-refractivity contribution is 5.88. The first-order chi connectivity index (χ1) is 7.22. The monoisotopic (exact) mass is 204 g/mol. The Balaban J connectivity index is 2.52. The zero-order valence-corrected chi connectivity index (χ0v) is 8.43. The molecule has 0 aromatic heterocycles. The summed E-state index contributed by atoms with van der Waals surface area (Å²) in [7, 11) is 1.25. The van der Waals surface area contributed by atoms with Gasteiger partial charge in [0.2, 0.25) is 0 Å². The third-order valence-electron chi connectivity index (χ3n) is 1.80. The van der Waals surface area contributed by atoms with Gasteiger partial charge in [0.25, 0.3) is 0 Å². The molecule has 0 saturated heterocycles. The molecule has 0 heterocycles. The SMILES string of the molecule is COC(=O)C#C[C@H](O)Cc1ccccc1. The highest BCUT2D eigenvalue weighted by atomic mass is 16.5. The topological polar surface area (TPSA) is 46.5 Å². The molecule has 1 aromatic rings. The number of hydrogen-bond acceptors (Lipinski definition) is 3. The zero-order chi connectivity index (χ0) is 11.1. The van der Waals surface area contributed by atoms with Gasteiger partial charge in [-0.1, -0.05) is 36.3 Å². The van der Waals surface area contributed by atoms with Gasteiger partial charge in [0.1, 0.15) is 6.10 Å². The lowest BCUT2D eigenvalue weighted by Gasteiger charge is -2.02. The smallest absolute Gasteiger partial charge is 0.384 e. The number of methoxy groups -OCH3 is 1. The zero-order valence-electron chi connectivity index (χ0n) is 8.43. The van der Waals surface area contributed by atoms with Crippen molar-refractivity contribution >= 4 is 5.97 Å². The molecule has 0 radical (unpaired) electrons. The van der Waals surface area contributed by atoms with Crippen LogP contribution in [0.2, 0.25) is 0 Å². The minimum atomic E-state index is -0.841. The number of carbonyl (C=O) groups is 1. The van der Waals surface area contributed by atoms with E-state index in [9.17, 15) is 9.90 Å². The molecule has 0 amide bonds. The van der Waals surface area contributed by atoms with Gasteiger partial charge in [-0.3, -0.25) is 0 Å². The van der Waals surface area contributed by atoms with Gasteiger partial charge in [-0.25, -0.2) is 4.79 Å². The van der Waals surface area contributed by atoms with Crippen LogP contribution in [0.5, 0.6) is 0 Å². The van der Waals surface area contributed by atoms with E-state index >= 15 is 0 Å². The molecule has 1 N–H and O–H groups in total. The Labute approximate surface area is 88.7 Å². The molecule has 3 nitrogen and oxygen atoms in total. The van der Waals surface area contributed by atoms with Crippen LogP contribution in [0.4, 0.5) is 0 Å². The van der Waals surface area contributed by atoms with Crippen molar-refractivity contribution in [3.63, 3.8) is 0 Å². The summed E-state index contributed by atoms with van der Waals surface area (Å²) in [6, 6.07) is 9.45. The highest BCUT2D eigenvalue weighted by Gasteiger charge is 2.01. The molecule has 0 unspecified atom stereocenters. The maximum Gasteiger partial charge on any atom is 0.384 e. The predicted molar refractivity (Wildman–Crippen MR) is 55.9 cm³/mol. The molecule has 0 aliphatic rings. The standard InChI is InChI=1S/C12H12O3/c1-15-12(14)8-7-11(13)9-10-5-3-2-4-6-10/h2-6,11,13H,9H2,1H3/t11-/m0/s1. The number of carbonyl (C=O) groups excluding carboxylic acids is 1. The number of aliphatic hydroxyl groups is 1. The van der Waals surface area contributed by atoms with Crippen LogP contribution in [0.3, 0.4) is 0 Å². The first kappa shape index (κ1) is 11.3. The quantitative estimate of drug-likeness (QED) is 0.439. The van der Waals surface area contributed by atoms with Crippen LogP contribution in [0.25, 0.3) is 0 Å². The van der Waals surface area contributed by atoms with E-state index in [1.807, 2.05) is 30.3 Å². The molecule has 15 heavy (non-hydrogen) atoms. The van der Waals surface area contributed by atoms with E-state index < -0.39 is 12.1 Å². The molecule has 1 rings (SSSR count). The van der Waals surface area contributed by atoms with Crippen LogP contribution in [0.1, 0.15) is 5.56 Å². The first-order valence-electron chi connectivity index (χ1n) is 4.54. The molecule has 3 heteroatoms. The molecule has 0 saturated carbocycles. The number of rotatable bonds is 2. The van der Waals surface area contributed by atoms with Crippen molar-refractivity contribution in [3.05, 3.63) is 35.9 Å². The fourth-order valence-corrected chi connectivity index (χ4v) is 1.08. The summed E-state index contributed by atoms with van der Waals surface area (Å²) in [4.78, 5) is 10.7. The van der Waals surface area contributed by atoms with Gasteiger partial charge in [-0.15, -0.1) is 0 Å². The van der Waals surface area contributed by atoms with E-state index in [0.717, 1.165) is 5.56 Å². The highest BCUT2D eigenvalue weighted by Crippen LogP contribution is 2.01. The van der Waals surface area contributed by atoms with Gasteiger partial charge in [-0.05, 0) is 5.56 Å². The van der Waals surface area contributed by atoms with Gasteiger partial charge in [0, 0.05) is 12.3 Å². The second kappa shape index (κ2) is 5.84. The van der Waals surface area contributed by atoms with E-state index in [-0.39, 0.29) is 0 Å². The molecule has 78 valence electrons. The fourth-order valence-electron chi connectivity index (χ4n) is 1.08. The summed E-state index contributed by atoms with van der Waals surface area (Å²) in [5.74, 6) is 3.97. The lowest BCUT2D eigenvalue weighted by atomic mass is 10.1. The van der Waals surface area contributed by atoms with E-state index in [0.29, 0.717) is 6.42 Å². The predicted octanol–water partition coefficient (Wildman–Crippen LogP) is 0.766. The molecule has 0 aliphatic carbocycles. The van der Waals surface area contributed by atoms with Gasteiger partial charge in [0.05, 0.1) is 7.11 Å². The summed E-state index contributed by atoms with van der Waals surface area (Å²) in [5, 5.41) is 9.47. The molecular weight excluding hydrogens is 192 g/mol.